The number of hydrogen-bond donors (Lipinski definition) is 1. The lowest BCUT2D eigenvalue weighted by molar-refractivity contribution is 1.45. The van der Waals surface area contributed by atoms with Crippen LogP contribution in [0.2, 0.25) is 0 Å². The van der Waals surface area contributed by atoms with Crippen LogP contribution in [0, 0.1) is 22.7 Å². The standard InChI is InChI=1S/C12H6N2.C2H6.CH5N/c13-7-11-5-9-3-1-2-4-10(9)6-12(11)8-14;2*1-2/h1-6H;1-2H3;2H2,1H3. The molecule has 3 nitrogen and oxygen atoms in total. The molecule has 0 radical (unpaired) electrons. The predicted octanol–water partition coefficient (Wildman–Crippen LogP) is 3.18. The van der Waals surface area contributed by atoms with E-state index in [2.05, 4.69) is 5.73 Å². The van der Waals surface area contributed by atoms with Crippen molar-refractivity contribution in [2.24, 2.45) is 5.73 Å². The van der Waals surface area contributed by atoms with Crippen molar-refractivity contribution in [1.82, 2.24) is 0 Å². The third-order valence-corrected chi connectivity index (χ3v) is 2.13. The Balaban J connectivity index is 0.000000659. The fourth-order valence-corrected chi connectivity index (χ4v) is 1.43. The highest BCUT2D eigenvalue weighted by atomic mass is 14.4. The molecule has 0 saturated carbocycles. The molecule has 0 fully saturated rings. The summed E-state index contributed by atoms with van der Waals surface area (Å²) in [5.74, 6) is 0. The normalized spacial score (nSPS) is 7.89. The van der Waals surface area contributed by atoms with E-state index in [1.165, 1.54) is 7.05 Å². The molecule has 3 heteroatoms. The molecule has 0 atom stereocenters. The van der Waals surface area contributed by atoms with E-state index >= 15 is 0 Å². The fourth-order valence-electron chi connectivity index (χ4n) is 1.43. The molecule has 0 bridgehead atoms. The SMILES string of the molecule is CC.CN.N#Cc1cc2ccccc2cc1C#N. The van der Waals surface area contributed by atoms with E-state index in [0.717, 1.165) is 10.8 Å². The number of benzene rings is 2. The highest BCUT2D eigenvalue weighted by molar-refractivity contribution is 5.85. The molecule has 92 valence electrons. The van der Waals surface area contributed by atoms with Gasteiger partial charge in [-0.15, -0.1) is 0 Å². The lowest BCUT2D eigenvalue weighted by Crippen LogP contribution is -1.83. The zero-order chi connectivity index (χ0) is 14.0. The van der Waals surface area contributed by atoms with Gasteiger partial charge in [0.25, 0.3) is 0 Å². The quantitative estimate of drug-likeness (QED) is 0.767. The molecular formula is C15H17N3. The first-order chi connectivity index (χ1) is 8.85. The summed E-state index contributed by atoms with van der Waals surface area (Å²) in [6, 6.07) is 15.2. The molecule has 0 aliphatic heterocycles. The Hall–Kier alpha value is -2.36. The summed E-state index contributed by atoms with van der Waals surface area (Å²) >= 11 is 0. The van der Waals surface area contributed by atoms with Gasteiger partial charge in [-0.1, -0.05) is 38.1 Å². The van der Waals surface area contributed by atoms with Crippen molar-refractivity contribution in [2.75, 3.05) is 7.05 Å². The predicted molar refractivity (Wildman–Crippen MR) is 74.8 cm³/mol. The van der Waals surface area contributed by atoms with E-state index in [-0.39, 0.29) is 0 Å². The third kappa shape index (κ3) is 3.59. The maximum absolute atomic E-state index is 8.81. The summed E-state index contributed by atoms with van der Waals surface area (Å²) in [5.41, 5.74) is 5.37. The minimum atomic E-state index is 0.436. The highest BCUT2D eigenvalue weighted by Crippen LogP contribution is 2.18. The lowest BCUT2D eigenvalue weighted by atomic mass is 10.0. The van der Waals surface area contributed by atoms with Crippen LogP contribution in [-0.2, 0) is 0 Å². The van der Waals surface area contributed by atoms with Gasteiger partial charge in [0.05, 0.1) is 11.1 Å². The summed E-state index contributed by atoms with van der Waals surface area (Å²) in [7, 11) is 1.50. The molecule has 0 aliphatic rings. The van der Waals surface area contributed by atoms with Gasteiger partial charge in [-0.3, -0.25) is 0 Å². The van der Waals surface area contributed by atoms with Crippen molar-refractivity contribution in [2.45, 2.75) is 13.8 Å². The number of nitrogens with zero attached hydrogens (tertiary/aromatic N) is 2. The summed E-state index contributed by atoms with van der Waals surface area (Å²) in [6.07, 6.45) is 0. The largest absolute Gasteiger partial charge is 0.333 e. The van der Waals surface area contributed by atoms with Crippen LogP contribution in [0.1, 0.15) is 25.0 Å². The van der Waals surface area contributed by atoms with Crippen molar-refractivity contribution in [3.63, 3.8) is 0 Å². The Bertz CT molecular complexity index is 522. The summed E-state index contributed by atoms with van der Waals surface area (Å²) in [5, 5.41) is 19.6. The minimum Gasteiger partial charge on any atom is -0.333 e. The zero-order valence-corrected chi connectivity index (χ0v) is 10.9. The third-order valence-electron chi connectivity index (χ3n) is 2.13. The second-order valence-corrected chi connectivity index (χ2v) is 2.97. The van der Waals surface area contributed by atoms with Crippen LogP contribution >= 0.6 is 0 Å². The minimum absolute atomic E-state index is 0.436. The molecule has 2 aromatic carbocycles. The van der Waals surface area contributed by atoms with Gasteiger partial charge in [-0.05, 0) is 30.0 Å². The topological polar surface area (TPSA) is 73.6 Å². The van der Waals surface area contributed by atoms with Crippen LogP contribution in [0.4, 0.5) is 0 Å². The van der Waals surface area contributed by atoms with E-state index in [4.69, 9.17) is 10.5 Å². The fraction of sp³-hybridized carbons (Fsp3) is 0.200. The van der Waals surface area contributed by atoms with Crippen LogP contribution in [0.3, 0.4) is 0 Å². The maximum Gasteiger partial charge on any atom is 0.101 e. The Labute approximate surface area is 108 Å². The van der Waals surface area contributed by atoms with Crippen LogP contribution in [0.25, 0.3) is 10.8 Å². The van der Waals surface area contributed by atoms with Crippen molar-refractivity contribution in [1.29, 1.82) is 10.5 Å². The van der Waals surface area contributed by atoms with E-state index in [0.29, 0.717) is 11.1 Å². The molecule has 0 saturated heterocycles. The second kappa shape index (κ2) is 8.75. The monoisotopic (exact) mass is 239 g/mol. The molecule has 0 aromatic heterocycles. The van der Waals surface area contributed by atoms with E-state index in [1.807, 2.05) is 50.3 Å². The van der Waals surface area contributed by atoms with E-state index in [9.17, 15) is 0 Å². The molecule has 2 N–H and O–H groups in total. The number of nitrogens with two attached hydrogens (primary N) is 1. The lowest BCUT2D eigenvalue weighted by Gasteiger charge is -1.99. The smallest absolute Gasteiger partial charge is 0.101 e. The molecule has 0 heterocycles. The van der Waals surface area contributed by atoms with Crippen molar-refractivity contribution in [3.8, 4) is 12.1 Å². The molecule has 0 aliphatic carbocycles. The maximum atomic E-state index is 8.81. The van der Waals surface area contributed by atoms with Gasteiger partial charge >= 0.3 is 0 Å². The molecule has 0 spiro atoms. The van der Waals surface area contributed by atoms with Crippen LogP contribution < -0.4 is 5.73 Å². The Morgan fingerprint density at radius 1 is 0.833 bits per heavy atom. The molecule has 2 aromatic rings. The first kappa shape index (κ1) is 15.6. The number of nitriles is 2. The van der Waals surface area contributed by atoms with Gasteiger partial charge in [0.2, 0.25) is 0 Å². The molecule has 18 heavy (non-hydrogen) atoms. The molecule has 0 unspecified atom stereocenters. The van der Waals surface area contributed by atoms with E-state index < -0.39 is 0 Å². The van der Waals surface area contributed by atoms with Gasteiger partial charge in [0.1, 0.15) is 12.1 Å². The summed E-state index contributed by atoms with van der Waals surface area (Å²) in [6.45, 7) is 4.00. The van der Waals surface area contributed by atoms with Crippen molar-refractivity contribution in [3.05, 3.63) is 47.5 Å². The first-order valence-electron chi connectivity index (χ1n) is 5.76. The van der Waals surface area contributed by atoms with Crippen molar-refractivity contribution >= 4 is 10.8 Å². The van der Waals surface area contributed by atoms with Gasteiger partial charge in [0, 0.05) is 0 Å². The van der Waals surface area contributed by atoms with Crippen molar-refractivity contribution < 1.29 is 0 Å². The summed E-state index contributed by atoms with van der Waals surface area (Å²) in [4.78, 5) is 0. The average molecular weight is 239 g/mol. The highest BCUT2D eigenvalue weighted by Gasteiger charge is 2.02. The van der Waals surface area contributed by atoms with Gasteiger partial charge < -0.3 is 5.73 Å². The summed E-state index contributed by atoms with van der Waals surface area (Å²) < 4.78 is 0. The zero-order valence-electron chi connectivity index (χ0n) is 10.9. The number of rotatable bonds is 0. The first-order valence-corrected chi connectivity index (χ1v) is 5.76. The Morgan fingerprint density at radius 2 is 1.17 bits per heavy atom. The van der Waals surface area contributed by atoms with Crippen LogP contribution in [0.5, 0.6) is 0 Å². The number of hydrogen-bond acceptors (Lipinski definition) is 3. The molecule has 2 rings (SSSR count). The van der Waals surface area contributed by atoms with Crippen LogP contribution in [-0.4, -0.2) is 7.05 Å². The van der Waals surface area contributed by atoms with Crippen LogP contribution in [0.15, 0.2) is 36.4 Å². The second-order valence-electron chi connectivity index (χ2n) is 2.97. The number of fused-ring (bicyclic) bond motifs is 1. The van der Waals surface area contributed by atoms with Gasteiger partial charge in [0.15, 0.2) is 0 Å². The van der Waals surface area contributed by atoms with Gasteiger partial charge in [-0.25, -0.2) is 0 Å². The average Bonchev–Trinajstić information content (AvgIpc) is 2.49. The van der Waals surface area contributed by atoms with E-state index in [1.54, 1.807) is 12.1 Å². The van der Waals surface area contributed by atoms with Gasteiger partial charge in [-0.2, -0.15) is 10.5 Å². The molecular weight excluding hydrogens is 222 g/mol. The Morgan fingerprint density at radius 3 is 1.44 bits per heavy atom. The molecule has 0 amide bonds. The Kier molecular flexibility index (Phi) is 7.61.